The Morgan fingerprint density at radius 1 is 1.61 bits per heavy atom. The van der Waals surface area contributed by atoms with Crippen molar-refractivity contribution < 1.29 is 15.1 Å². The molecule has 0 radical (unpaired) electrons. The molecule has 6 heteroatoms. The second-order valence-electron chi connectivity index (χ2n) is 4.82. The van der Waals surface area contributed by atoms with Gasteiger partial charge in [-0.1, -0.05) is 18.5 Å². The van der Waals surface area contributed by atoms with Gasteiger partial charge in [0.15, 0.2) is 5.84 Å². The smallest absolute Gasteiger partial charge is 0.233 e. The van der Waals surface area contributed by atoms with Crippen molar-refractivity contribution in [2.75, 3.05) is 19.7 Å². The first kappa shape index (κ1) is 14.8. The van der Waals surface area contributed by atoms with Gasteiger partial charge in [-0.05, 0) is 25.2 Å². The lowest BCUT2D eigenvalue weighted by Crippen LogP contribution is -2.41. The SMILES string of the molecule is CCCC(C(=O)N1CCC(CCO)C1)C(N)=NO. The average molecular weight is 257 g/mol. The predicted octanol–water partition coefficient (Wildman–Crippen LogP) is 0.380. The maximum Gasteiger partial charge on any atom is 0.233 e. The lowest BCUT2D eigenvalue weighted by molar-refractivity contribution is -0.132. The number of aliphatic hydroxyl groups is 1. The Morgan fingerprint density at radius 3 is 2.89 bits per heavy atom. The second-order valence-corrected chi connectivity index (χ2v) is 4.82. The van der Waals surface area contributed by atoms with Crippen LogP contribution in [0.2, 0.25) is 0 Å². The van der Waals surface area contributed by atoms with Gasteiger partial charge < -0.3 is 20.9 Å². The minimum Gasteiger partial charge on any atom is -0.409 e. The highest BCUT2D eigenvalue weighted by Gasteiger charge is 2.32. The molecule has 1 fully saturated rings. The van der Waals surface area contributed by atoms with Crippen molar-refractivity contribution in [2.24, 2.45) is 22.7 Å². The Kier molecular flexibility index (Phi) is 5.91. The molecule has 1 saturated heterocycles. The van der Waals surface area contributed by atoms with Crippen molar-refractivity contribution in [1.29, 1.82) is 0 Å². The topological polar surface area (TPSA) is 99.2 Å². The highest BCUT2D eigenvalue weighted by molar-refractivity contribution is 6.02. The highest BCUT2D eigenvalue weighted by Crippen LogP contribution is 2.22. The Hall–Kier alpha value is -1.30. The molecule has 104 valence electrons. The minimum absolute atomic E-state index is 0.00698. The van der Waals surface area contributed by atoms with E-state index in [4.69, 9.17) is 16.0 Å². The van der Waals surface area contributed by atoms with Gasteiger partial charge in [0, 0.05) is 19.7 Å². The van der Waals surface area contributed by atoms with Crippen LogP contribution < -0.4 is 5.73 Å². The Bertz CT molecular complexity index is 307. The van der Waals surface area contributed by atoms with Crippen molar-refractivity contribution >= 4 is 11.7 Å². The van der Waals surface area contributed by atoms with Gasteiger partial charge in [0.1, 0.15) is 0 Å². The van der Waals surface area contributed by atoms with Gasteiger partial charge in [-0.3, -0.25) is 4.79 Å². The first-order valence-electron chi connectivity index (χ1n) is 6.51. The Morgan fingerprint density at radius 2 is 2.33 bits per heavy atom. The molecule has 0 saturated carbocycles. The number of rotatable bonds is 6. The zero-order valence-corrected chi connectivity index (χ0v) is 10.9. The summed E-state index contributed by atoms with van der Waals surface area (Å²) >= 11 is 0. The first-order chi connectivity index (χ1) is 8.63. The summed E-state index contributed by atoms with van der Waals surface area (Å²) < 4.78 is 0. The van der Waals surface area contributed by atoms with Crippen molar-refractivity contribution in [3.05, 3.63) is 0 Å². The highest BCUT2D eigenvalue weighted by atomic mass is 16.4. The van der Waals surface area contributed by atoms with Gasteiger partial charge in [-0.25, -0.2) is 0 Å². The van der Waals surface area contributed by atoms with Crippen LogP contribution in [0, 0.1) is 11.8 Å². The van der Waals surface area contributed by atoms with E-state index in [1.54, 1.807) is 4.90 Å². The van der Waals surface area contributed by atoms with Crippen molar-refractivity contribution in [1.82, 2.24) is 4.90 Å². The number of carbonyl (C=O) groups excluding carboxylic acids is 1. The number of likely N-dealkylation sites (tertiary alicyclic amines) is 1. The van der Waals surface area contributed by atoms with Crippen molar-refractivity contribution in [3.8, 4) is 0 Å². The van der Waals surface area contributed by atoms with E-state index in [2.05, 4.69) is 5.16 Å². The molecule has 6 nitrogen and oxygen atoms in total. The van der Waals surface area contributed by atoms with Gasteiger partial charge in [0.25, 0.3) is 0 Å². The van der Waals surface area contributed by atoms with Crippen LogP contribution in [0.25, 0.3) is 0 Å². The van der Waals surface area contributed by atoms with E-state index in [-0.39, 0.29) is 18.3 Å². The van der Waals surface area contributed by atoms with E-state index in [9.17, 15) is 4.79 Å². The third-order valence-electron chi connectivity index (χ3n) is 3.48. The number of hydrogen-bond acceptors (Lipinski definition) is 4. The summed E-state index contributed by atoms with van der Waals surface area (Å²) in [5.74, 6) is -0.221. The molecule has 0 bridgehead atoms. The summed E-state index contributed by atoms with van der Waals surface area (Å²) in [4.78, 5) is 14.0. The van der Waals surface area contributed by atoms with Gasteiger partial charge >= 0.3 is 0 Å². The van der Waals surface area contributed by atoms with Crippen LogP contribution in [-0.2, 0) is 4.79 Å². The van der Waals surface area contributed by atoms with Gasteiger partial charge in [0.05, 0.1) is 5.92 Å². The molecule has 1 aliphatic heterocycles. The first-order valence-corrected chi connectivity index (χ1v) is 6.51. The van der Waals surface area contributed by atoms with Crippen LogP contribution in [-0.4, -0.2) is 46.7 Å². The number of nitrogens with two attached hydrogens (primary N) is 1. The average Bonchev–Trinajstić information content (AvgIpc) is 2.83. The molecule has 1 rings (SSSR count). The lowest BCUT2D eigenvalue weighted by Gasteiger charge is -2.22. The fourth-order valence-corrected chi connectivity index (χ4v) is 2.43. The number of amides is 1. The fourth-order valence-electron chi connectivity index (χ4n) is 2.43. The van der Waals surface area contributed by atoms with E-state index < -0.39 is 5.92 Å². The zero-order valence-electron chi connectivity index (χ0n) is 10.9. The van der Waals surface area contributed by atoms with Crippen LogP contribution in [0.4, 0.5) is 0 Å². The Balaban J connectivity index is 2.61. The van der Waals surface area contributed by atoms with Crippen LogP contribution in [0.15, 0.2) is 5.16 Å². The summed E-state index contributed by atoms with van der Waals surface area (Å²) in [6.07, 6.45) is 3.05. The largest absolute Gasteiger partial charge is 0.409 e. The molecule has 1 heterocycles. The molecule has 1 amide bonds. The lowest BCUT2D eigenvalue weighted by atomic mass is 10.0. The molecule has 0 spiro atoms. The van der Waals surface area contributed by atoms with E-state index >= 15 is 0 Å². The summed E-state index contributed by atoms with van der Waals surface area (Å²) in [7, 11) is 0. The van der Waals surface area contributed by atoms with Crippen LogP contribution in [0.1, 0.15) is 32.6 Å². The van der Waals surface area contributed by atoms with E-state index in [1.807, 2.05) is 6.92 Å². The standard InChI is InChI=1S/C12H23N3O3/c1-2-3-10(11(13)14-18)12(17)15-6-4-9(8-15)5-7-16/h9-10,16,18H,2-8H2,1H3,(H2,13,14). The third kappa shape index (κ3) is 3.60. The van der Waals surface area contributed by atoms with Crippen LogP contribution >= 0.6 is 0 Å². The molecular formula is C12H23N3O3. The van der Waals surface area contributed by atoms with E-state index in [0.29, 0.717) is 25.4 Å². The quantitative estimate of drug-likeness (QED) is 0.277. The van der Waals surface area contributed by atoms with Crippen molar-refractivity contribution in [2.45, 2.75) is 32.6 Å². The number of nitrogens with zero attached hydrogens (tertiary/aromatic N) is 2. The zero-order chi connectivity index (χ0) is 13.5. The predicted molar refractivity (Wildman–Crippen MR) is 68.2 cm³/mol. The molecule has 0 aliphatic carbocycles. The van der Waals surface area contributed by atoms with Crippen LogP contribution in [0.5, 0.6) is 0 Å². The third-order valence-corrected chi connectivity index (χ3v) is 3.48. The van der Waals surface area contributed by atoms with Crippen LogP contribution in [0.3, 0.4) is 0 Å². The molecule has 18 heavy (non-hydrogen) atoms. The summed E-state index contributed by atoms with van der Waals surface area (Å²) in [6, 6.07) is 0. The normalized spacial score (nSPS) is 22.2. The maximum absolute atomic E-state index is 12.3. The molecule has 2 unspecified atom stereocenters. The number of aliphatic hydroxyl groups excluding tert-OH is 1. The monoisotopic (exact) mass is 257 g/mol. The number of carbonyl (C=O) groups is 1. The van der Waals surface area contributed by atoms with Crippen molar-refractivity contribution in [3.63, 3.8) is 0 Å². The number of hydrogen-bond donors (Lipinski definition) is 3. The minimum atomic E-state index is -0.520. The molecule has 4 N–H and O–H groups in total. The van der Waals surface area contributed by atoms with Gasteiger partial charge in [-0.15, -0.1) is 0 Å². The number of amidine groups is 1. The van der Waals surface area contributed by atoms with Gasteiger partial charge in [0.2, 0.25) is 5.91 Å². The van der Waals surface area contributed by atoms with Gasteiger partial charge in [-0.2, -0.15) is 0 Å². The molecule has 0 aromatic heterocycles. The van der Waals surface area contributed by atoms with E-state index in [0.717, 1.165) is 19.3 Å². The number of oxime groups is 1. The maximum atomic E-state index is 12.3. The second kappa shape index (κ2) is 7.20. The molecule has 0 aromatic rings. The summed E-state index contributed by atoms with van der Waals surface area (Å²) in [5, 5.41) is 20.6. The molecule has 0 aromatic carbocycles. The van der Waals surface area contributed by atoms with E-state index in [1.165, 1.54) is 0 Å². The summed E-state index contributed by atoms with van der Waals surface area (Å²) in [5.41, 5.74) is 5.58. The molecular weight excluding hydrogens is 234 g/mol. The summed E-state index contributed by atoms with van der Waals surface area (Å²) in [6.45, 7) is 3.48. The Labute approximate surface area is 107 Å². The fraction of sp³-hybridized carbons (Fsp3) is 0.833. The molecule has 1 aliphatic rings. The molecule has 2 atom stereocenters.